The van der Waals surface area contributed by atoms with Gasteiger partial charge in [0.15, 0.2) is 0 Å². The monoisotopic (exact) mass is 524 g/mol. The molecule has 2 heterocycles. The number of rotatable bonds is 3. The van der Waals surface area contributed by atoms with Crippen molar-refractivity contribution in [1.29, 1.82) is 0 Å². The number of aromatic nitrogens is 2. The van der Waals surface area contributed by atoms with Gasteiger partial charge in [0.05, 0.1) is 11.0 Å². The van der Waals surface area contributed by atoms with E-state index >= 15 is 0 Å². The van der Waals surface area contributed by atoms with Crippen LogP contribution in [-0.4, -0.2) is 9.55 Å². The zero-order chi connectivity index (χ0) is 24.1. The summed E-state index contributed by atoms with van der Waals surface area (Å²) in [4.78, 5) is 4.75. The fraction of sp³-hybridized carbons (Fsp3) is 0. The Morgan fingerprint density at radius 3 is 2.22 bits per heavy atom. The van der Waals surface area contributed by atoms with Crippen LogP contribution < -0.4 is 0 Å². The molecule has 0 saturated heterocycles. The molecule has 0 radical (unpaired) electrons. The Hall–Kier alpha value is -4.21. The van der Waals surface area contributed by atoms with Gasteiger partial charge in [0.1, 0.15) is 5.82 Å². The second-order valence-corrected chi connectivity index (χ2v) is 9.85. The molecule has 0 unspecified atom stereocenters. The van der Waals surface area contributed by atoms with Crippen molar-refractivity contribution in [3.63, 3.8) is 0 Å². The van der Waals surface area contributed by atoms with E-state index in [2.05, 4.69) is 130 Å². The lowest BCUT2D eigenvalue weighted by Gasteiger charge is -2.10. The van der Waals surface area contributed by atoms with Crippen molar-refractivity contribution in [2.24, 2.45) is 0 Å². The Morgan fingerprint density at radius 1 is 0.556 bits per heavy atom. The molecule has 0 aliphatic rings. The molecule has 170 valence electrons. The largest absolute Gasteiger partial charge is 0.293 e. The number of hydrogen-bond acceptors (Lipinski definition) is 1. The maximum atomic E-state index is 4.75. The molecule has 0 N–H and O–H groups in total. The molecule has 0 aliphatic heterocycles. The highest BCUT2D eigenvalue weighted by atomic mass is 79.9. The van der Waals surface area contributed by atoms with E-state index in [1.54, 1.807) is 0 Å². The quantitative estimate of drug-likeness (QED) is 0.225. The predicted molar refractivity (Wildman–Crippen MR) is 155 cm³/mol. The summed E-state index contributed by atoms with van der Waals surface area (Å²) in [6.45, 7) is 0. The van der Waals surface area contributed by atoms with E-state index < -0.39 is 0 Å². The Kier molecular flexibility index (Phi) is 4.97. The predicted octanol–water partition coefficient (Wildman–Crippen LogP) is 9.43. The fourth-order valence-electron chi connectivity index (χ4n) is 5.24. The van der Waals surface area contributed by atoms with Crippen molar-refractivity contribution in [2.75, 3.05) is 0 Å². The van der Waals surface area contributed by atoms with Gasteiger partial charge in [-0.1, -0.05) is 107 Å². The van der Waals surface area contributed by atoms with Gasteiger partial charge in [-0.25, -0.2) is 4.98 Å². The Morgan fingerprint density at radius 2 is 1.33 bits per heavy atom. The zero-order valence-corrected chi connectivity index (χ0v) is 21.0. The maximum Gasteiger partial charge on any atom is 0.137 e. The zero-order valence-electron chi connectivity index (χ0n) is 19.4. The van der Waals surface area contributed by atoms with Crippen molar-refractivity contribution in [1.82, 2.24) is 9.55 Å². The SMILES string of the molecule is Brc1ccccc1-c1cccc(-c2ccc3c4ccc5ccccc5c4n(-c4ccccn4)c3c2)c1. The summed E-state index contributed by atoms with van der Waals surface area (Å²) >= 11 is 3.71. The molecule has 2 aromatic heterocycles. The van der Waals surface area contributed by atoms with Crippen molar-refractivity contribution in [3.05, 3.63) is 132 Å². The number of benzene rings is 5. The first kappa shape index (κ1) is 21.1. The van der Waals surface area contributed by atoms with E-state index in [0.717, 1.165) is 15.8 Å². The van der Waals surface area contributed by atoms with Crippen LogP contribution >= 0.6 is 15.9 Å². The van der Waals surface area contributed by atoms with Crippen LogP contribution in [0.1, 0.15) is 0 Å². The van der Waals surface area contributed by atoms with Gasteiger partial charge in [-0.15, -0.1) is 0 Å². The summed E-state index contributed by atoms with van der Waals surface area (Å²) in [5, 5.41) is 4.93. The average Bonchev–Trinajstić information content (AvgIpc) is 3.28. The number of nitrogens with zero attached hydrogens (tertiary/aromatic N) is 2. The van der Waals surface area contributed by atoms with Gasteiger partial charge in [-0.05, 0) is 58.0 Å². The van der Waals surface area contributed by atoms with Gasteiger partial charge in [0, 0.05) is 26.8 Å². The highest BCUT2D eigenvalue weighted by molar-refractivity contribution is 9.10. The highest BCUT2D eigenvalue weighted by Crippen LogP contribution is 2.38. The molecule has 0 fully saturated rings. The van der Waals surface area contributed by atoms with E-state index in [1.807, 2.05) is 18.3 Å². The summed E-state index contributed by atoms with van der Waals surface area (Å²) in [5.41, 5.74) is 7.10. The summed E-state index contributed by atoms with van der Waals surface area (Å²) < 4.78 is 3.41. The molecule has 2 nitrogen and oxygen atoms in total. The number of hydrogen-bond donors (Lipinski definition) is 0. The third kappa shape index (κ3) is 3.35. The standard InChI is InChI=1S/C33H21BrN2/c34-30-13-4-3-11-26(30)25-10-7-9-23(20-25)24-16-17-28-29-18-15-22-8-1-2-12-27(22)33(29)36(31(28)21-24)32-14-5-6-19-35-32/h1-21H. The minimum Gasteiger partial charge on any atom is -0.293 e. The van der Waals surface area contributed by atoms with Crippen molar-refractivity contribution in [3.8, 4) is 28.1 Å². The second kappa shape index (κ2) is 8.47. The number of halogens is 1. The van der Waals surface area contributed by atoms with Crippen molar-refractivity contribution in [2.45, 2.75) is 0 Å². The van der Waals surface area contributed by atoms with E-state index in [-0.39, 0.29) is 0 Å². The smallest absolute Gasteiger partial charge is 0.137 e. The van der Waals surface area contributed by atoms with E-state index in [0.29, 0.717) is 0 Å². The molecule has 7 rings (SSSR count). The molecule has 0 saturated carbocycles. The third-order valence-corrected chi connectivity index (χ3v) is 7.60. The minimum absolute atomic E-state index is 0.924. The summed E-state index contributed by atoms with van der Waals surface area (Å²) in [6.07, 6.45) is 1.86. The van der Waals surface area contributed by atoms with E-state index in [4.69, 9.17) is 4.98 Å². The third-order valence-electron chi connectivity index (χ3n) is 6.91. The van der Waals surface area contributed by atoms with Crippen LogP contribution in [0.3, 0.4) is 0 Å². The van der Waals surface area contributed by atoms with Gasteiger partial charge in [0.25, 0.3) is 0 Å². The highest BCUT2D eigenvalue weighted by Gasteiger charge is 2.16. The van der Waals surface area contributed by atoms with Gasteiger partial charge in [0.2, 0.25) is 0 Å². The molecule has 0 amide bonds. The first-order valence-electron chi connectivity index (χ1n) is 12.0. The molecule has 0 spiro atoms. The number of pyridine rings is 1. The van der Waals surface area contributed by atoms with Gasteiger partial charge in [-0.3, -0.25) is 4.57 Å². The summed E-state index contributed by atoms with van der Waals surface area (Å²) in [7, 11) is 0. The topological polar surface area (TPSA) is 17.8 Å². The van der Waals surface area contributed by atoms with Crippen LogP contribution in [0.5, 0.6) is 0 Å². The Labute approximate surface area is 217 Å². The lowest BCUT2D eigenvalue weighted by molar-refractivity contribution is 1.08. The number of fused-ring (bicyclic) bond motifs is 5. The normalized spacial score (nSPS) is 11.5. The van der Waals surface area contributed by atoms with E-state index in [1.165, 1.54) is 49.3 Å². The minimum atomic E-state index is 0.924. The van der Waals surface area contributed by atoms with Crippen LogP contribution in [0.2, 0.25) is 0 Å². The molecule has 3 heteroatoms. The van der Waals surface area contributed by atoms with Crippen LogP contribution in [-0.2, 0) is 0 Å². The summed E-state index contributed by atoms with van der Waals surface area (Å²) in [6, 6.07) is 43.1. The molecule has 7 aromatic rings. The van der Waals surface area contributed by atoms with Crippen LogP contribution in [0, 0.1) is 0 Å². The van der Waals surface area contributed by atoms with Crippen molar-refractivity contribution < 1.29 is 0 Å². The molecule has 36 heavy (non-hydrogen) atoms. The van der Waals surface area contributed by atoms with Crippen molar-refractivity contribution >= 4 is 48.5 Å². The van der Waals surface area contributed by atoms with Gasteiger partial charge in [-0.2, -0.15) is 0 Å². The molecule has 0 aliphatic carbocycles. The molecule has 5 aromatic carbocycles. The lowest BCUT2D eigenvalue weighted by atomic mass is 9.98. The molecule has 0 bridgehead atoms. The maximum absolute atomic E-state index is 4.75. The molecular formula is C33H21BrN2. The molecule has 0 atom stereocenters. The fourth-order valence-corrected chi connectivity index (χ4v) is 5.76. The first-order chi connectivity index (χ1) is 17.8. The second-order valence-electron chi connectivity index (χ2n) is 9.00. The Bertz CT molecular complexity index is 1900. The lowest BCUT2D eigenvalue weighted by Crippen LogP contribution is -1.97. The molecular weight excluding hydrogens is 504 g/mol. The average molecular weight is 525 g/mol. The first-order valence-corrected chi connectivity index (χ1v) is 12.8. The van der Waals surface area contributed by atoms with Gasteiger partial charge >= 0.3 is 0 Å². The van der Waals surface area contributed by atoms with Crippen LogP contribution in [0.25, 0.3) is 60.6 Å². The van der Waals surface area contributed by atoms with Gasteiger partial charge < -0.3 is 0 Å². The van der Waals surface area contributed by atoms with Crippen LogP contribution in [0.15, 0.2) is 132 Å². The Balaban J connectivity index is 1.51. The van der Waals surface area contributed by atoms with Crippen LogP contribution in [0.4, 0.5) is 0 Å². The summed E-state index contributed by atoms with van der Waals surface area (Å²) in [5.74, 6) is 0.924. The van der Waals surface area contributed by atoms with E-state index in [9.17, 15) is 0 Å².